The first-order chi connectivity index (χ1) is 18.1. The molecule has 37 heavy (non-hydrogen) atoms. The lowest BCUT2D eigenvalue weighted by atomic mass is 9.84. The molecule has 0 aliphatic carbocycles. The van der Waals surface area contributed by atoms with Gasteiger partial charge in [-0.15, -0.1) is 0 Å². The van der Waals surface area contributed by atoms with E-state index in [4.69, 9.17) is 0 Å². The molecule has 5 aromatic rings. The minimum atomic E-state index is -0.476. The summed E-state index contributed by atoms with van der Waals surface area (Å²) in [7, 11) is 0. The van der Waals surface area contributed by atoms with Gasteiger partial charge in [-0.3, -0.25) is 4.79 Å². The summed E-state index contributed by atoms with van der Waals surface area (Å²) >= 11 is 0. The molecule has 0 bridgehead atoms. The van der Waals surface area contributed by atoms with Gasteiger partial charge in [-0.1, -0.05) is 103 Å². The molecule has 0 spiro atoms. The van der Waals surface area contributed by atoms with Crippen molar-refractivity contribution in [3.63, 3.8) is 0 Å². The highest BCUT2D eigenvalue weighted by Crippen LogP contribution is 2.38. The van der Waals surface area contributed by atoms with Crippen molar-refractivity contribution in [3.8, 4) is 11.5 Å². The smallest absolute Gasteiger partial charge is 0.236 e. The van der Waals surface area contributed by atoms with Crippen LogP contribution < -0.4 is 5.32 Å². The van der Waals surface area contributed by atoms with Gasteiger partial charge in [-0.05, 0) is 58.1 Å². The second-order valence-electron chi connectivity index (χ2n) is 8.95. The maximum Gasteiger partial charge on any atom is 0.236 e. The van der Waals surface area contributed by atoms with Gasteiger partial charge in [-0.25, -0.2) is 0 Å². The molecule has 0 atom stereocenters. The van der Waals surface area contributed by atoms with Crippen LogP contribution in [0.25, 0.3) is 0 Å². The third-order valence-electron chi connectivity index (χ3n) is 6.51. The molecule has 0 fully saturated rings. The zero-order chi connectivity index (χ0) is 25.6. The van der Waals surface area contributed by atoms with E-state index in [2.05, 4.69) is 5.32 Å². The van der Waals surface area contributed by atoms with Crippen LogP contribution in [0.3, 0.4) is 0 Å². The largest absolute Gasteiger partial charge is 0.508 e. The number of carbonyl (C=O) groups is 1. The van der Waals surface area contributed by atoms with Crippen LogP contribution in [0.5, 0.6) is 11.5 Å². The summed E-state index contributed by atoms with van der Waals surface area (Å²) in [6, 6.07) is 41.4. The molecule has 0 saturated heterocycles. The number of benzene rings is 5. The lowest BCUT2D eigenvalue weighted by Crippen LogP contribution is -2.23. The van der Waals surface area contributed by atoms with Crippen LogP contribution in [0.15, 0.2) is 133 Å². The zero-order valence-corrected chi connectivity index (χ0v) is 20.2. The SMILES string of the molecule is O=C(Nc1ccccc1C(c1ccc(O)cc1)c1ccc(O)cc1)C(c1ccccc1)c1ccccc1. The predicted octanol–water partition coefficient (Wildman–Crippen LogP) is 7.05. The van der Waals surface area contributed by atoms with Gasteiger partial charge in [0.2, 0.25) is 5.91 Å². The monoisotopic (exact) mass is 485 g/mol. The van der Waals surface area contributed by atoms with Crippen LogP contribution in [0, 0.1) is 0 Å². The van der Waals surface area contributed by atoms with E-state index in [1.165, 1.54) is 0 Å². The molecule has 0 unspecified atom stereocenters. The summed E-state index contributed by atoms with van der Waals surface area (Å²) in [4.78, 5) is 13.9. The van der Waals surface area contributed by atoms with Crippen LogP contribution in [0.4, 0.5) is 5.69 Å². The fraction of sp³-hybridized carbons (Fsp3) is 0.0606. The molecule has 4 heteroatoms. The topological polar surface area (TPSA) is 69.6 Å². The number of hydrogen-bond donors (Lipinski definition) is 3. The van der Waals surface area contributed by atoms with Crippen LogP contribution >= 0.6 is 0 Å². The number of hydrogen-bond acceptors (Lipinski definition) is 3. The van der Waals surface area contributed by atoms with Gasteiger partial charge < -0.3 is 15.5 Å². The van der Waals surface area contributed by atoms with Gasteiger partial charge in [0.15, 0.2) is 0 Å². The van der Waals surface area contributed by atoms with Crippen LogP contribution in [-0.4, -0.2) is 16.1 Å². The summed E-state index contributed by atoms with van der Waals surface area (Å²) in [5, 5.41) is 23.0. The summed E-state index contributed by atoms with van der Waals surface area (Å²) in [5.41, 5.74) is 5.35. The van der Waals surface area contributed by atoms with Crippen molar-refractivity contribution in [3.05, 3.63) is 161 Å². The van der Waals surface area contributed by atoms with Crippen molar-refractivity contribution in [2.45, 2.75) is 11.8 Å². The number of amides is 1. The second-order valence-corrected chi connectivity index (χ2v) is 8.95. The molecule has 0 saturated carbocycles. The van der Waals surface area contributed by atoms with Gasteiger partial charge in [0.25, 0.3) is 0 Å². The summed E-state index contributed by atoms with van der Waals surface area (Å²) < 4.78 is 0. The first-order valence-electron chi connectivity index (χ1n) is 12.2. The Kier molecular flexibility index (Phi) is 7.00. The van der Waals surface area contributed by atoms with Crippen LogP contribution in [0.1, 0.15) is 39.7 Å². The highest BCUT2D eigenvalue weighted by Gasteiger charge is 2.25. The Bertz CT molecular complexity index is 1380. The van der Waals surface area contributed by atoms with Crippen molar-refractivity contribution in [2.75, 3.05) is 5.32 Å². The summed E-state index contributed by atoms with van der Waals surface area (Å²) in [6.45, 7) is 0. The number of anilines is 1. The van der Waals surface area contributed by atoms with E-state index in [-0.39, 0.29) is 23.3 Å². The van der Waals surface area contributed by atoms with Crippen molar-refractivity contribution in [1.29, 1.82) is 0 Å². The Labute approximate surface area is 216 Å². The third kappa shape index (κ3) is 5.39. The average molecular weight is 486 g/mol. The number of phenols is 2. The van der Waals surface area contributed by atoms with E-state index < -0.39 is 5.92 Å². The molecule has 1 amide bonds. The number of aromatic hydroxyl groups is 2. The molecule has 4 nitrogen and oxygen atoms in total. The first kappa shape index (κ1) is 23.9. The fourth-order valence-corrected chi connectivity index (χ4v) is 4.74. The molecule has 0 aromatic heterocycles. The van der Waals surface area contributed by atoms with Gasteiger partial charge in [0.1, 0.15) is 11.5 Å². The predicted molar refractivity (Wildman–Crippen MR) is 147 cm³/mol. The van der Waals surface area contributed by atoms with Gasteiger partial charge in [-0.2, -0.15) is 0 Å². The molecule has 5 aromatic carbocycles. The number of phenolic OH excluding ortho intramolecular Hbond substituents is 2. The second kappa shape index (κ2) is 10.8. The Morgan fingerprint density at radius 1 is 0.514 bits per heavy atom. The van der Waals surface area contributed by atoms with Gasteiger partial charge >= 0.3 is 0 Å². The highest BCUT2D eigenvalue weighted by molar-refractivity contribution is 5.99. The molecule has 0 aliphatic heterocycles. The van der Waals surface area contributed by atoms with E-state index in [0.29, 0.717) is 5.69 Å². The molecular weight excluding hydrogens is 458 g/mol. The average Bonchev–Trinajstić information content (AvgIpc) is 2.93. The van der Waals surface area contributed by atoms with Gasteiger partial charge in [0.05, 0.1) is 5.92 Å². The molecule has 182 valence electrons. The standard InChI is InChI=1S/C33H27NO3/c35-27-19-15-25(16-20-27)31(26-17-21-28(36)22-18-26)29-13-7-8-14-30(29)34-33(37)32(23-9-3-1-4-10-23)24-11-5-2-6-12-24/h1-22,31-32,35-36H,(H,34,37). The quantitative estimate of drug-likeness (QED) is 0.216. The number of carbonyl (C=O) groups excluding carboxylic acids is 1. The van der Waals surface area contributed by atoms with Crippen LogP contribution in [0.2, 0.25) is 0 Å². The Balaban J connectivity index is 1.57. The maximum atomic E-state index is 13.9. The Morgan fingerprint density at radius 2 is 0.946 bits per heavy atom. The summed E-state index contributed by atoms with van der Waals surface area (Å²) in [5.74, 6) is -0.465. The molecule has 0 radical (unpaired) electrons. The minimum absolute atomic E-state index is 0.125. The highest BCUT2D eigenvalue weighted by atomic mass is 16.3. The van der Waals surface area contributed by atoms with E-state index in [1.807, 2.05) is 109 Å². The summed E-state index contributed by atoms with van der Waals surface area (Å²) in [6.07, 6.45) is 0. The lowest BCUT2D eigenvalue weighted by molar-refractivity contribution is -0.116. The number of rotatable bonds is 7. The first-order valence-corrected chi connectivity index (χ1v) is 12.2. The van der Waals surface area contributed by atoms with Crippen molar-refractivity contribution < 1.29 is 15.0 Å². The lowest BCUT2D eigenvalue weighted by Gasteiger charge is -2.24. The third-order valence-corrected chi connectivity index (χ3v) is 6.51. The molecular formula is C33H27NO3. The van der Waals surface area contributed by atoms with Crippen molar-refractivity contribution in [2.24, 2.45) is 0 Å². The van der Waals surface area contributed by atoms with E-state index in [0.717, 1.165) is 27.8 Å². The van der Waals surface area contributed by atoms with E-state index >= 15 is 0 Å². The fourth-order valence-electron chi connectivity index (χ4n) is 4.74. The zero-order valence-electron chi connectivity index (χ0n) is 20.2. The van der Waals surface area contributed by atoms with E-state index in [9.17, 15) is 15.0 Å². The molecule has 5 rings (SSSR count). The maximum absolute atomic E-state index is 13.9. The van der Waals surface area contributed by atoms with Crippen LogP contribution in [-0.2, 0) is 4.79 Å². The van der Waals surface area contributed by atoms with E-state index in [1.54, 1.807) is 24.3 Å². The Hall–Kier alpha value is -4.83. The number of para-hydroxylation sites is 1. The molecule has 0 aliphatic rings. The van der Waals surface area contributed by atoms with Crippen molar-refractivity contribution >= 4 is 11.6 Å². The normalized spacial score (nSPS) is 11.0. The Morgan fingerprint density at radius 3 is 1.43 bits per heavy atom. The molecule has 0 heterocycles. The van der Waals surface area contributed by atoms with Gasteiger partial charge in [0, 0.05) is 11.6 Å². The molecule has 3 N–H and O–H groups in total. The minimum Gasteiger partial charge on any atom is -0.508 e. The van der Waals surface area contributed by atoms with Crippen molar-refractivity contribution in [1.82, 2.24) is 0 Å². The number of nitrogens with one attached hydrogen (secondary N) is 1.